The van der Waals surface area contributed by atoms with Crippen molar-refractivity contribution < 1.29 is 18.7 Å². The van der Waals surface area contributed by atoms with Gasteiger partial charge in [0.05, 0.1) is 40.2 Å². The molecule has 0 radical (unpaired) electrons. The third-order valence-electron chi connectivity index (χ3n) is 4.87. The second-order valence-electron chi connectivity index (χ2n) is 7.11. The van der Waals surface area contributed by atoms with E-state index in [9.17, 15) is 18.8 Å². The van der Waals surface area contributed by atoms with Gasteiger partial charge in [0.15, 0.2) is 5.16 Å². The van der Waals surface area contributed by atoms with Crippen LogP contribution in [0.5, 0.6) is 0 Å². The molecule has 7 nitrogen and oxygen atoms in total. The third kappa shape index (κ3) is 4.84. The molecule has 0 atom stereocenters. The van der Waals surface area contributed by atoms with Crippen molar-refractivity contribution in [2.24, 2.45) is 0 Å². The zero-order valence-corrected chi connectivity index (χ0v) is 19.0. The van der Waals surface area contributed by atoms with Gasteiger partial charge in [0, 0.05) is 0 Å². The lowest BCUT2D eigenvalue weighted by Gasteiger charge is -2.14. The predicted molar refractivity (Wildman–Crippen MR) is 129 cm³/mol. The SMILES string of the molecule is CCOC(=O)c1ccccc1NC(=O)CSc1nc2ccccc2c(=O)n1-c1ccccc1F. The van der Waals surface area contributed by atoms with E-state index in [1.165, 1.54) is 22.8 Å². The number of hydrogen-bond acceptors (Lipinski definition) is 6. The molecule has 4 aromatic rings. The Labute approximate surface area is 198 Å². The Hall–Kier alpha value is -3.98. The molecule has 0 aliphatic carbocycles. The first kappa shape index (κ1) is 23.2. The molecule has 1 N–H and O–H groups in total. The Morgan fingerprint density at radius 1 is 1.03 bits per heavy atom. The number of halogens is 1. The summed E-state index contributed by atoms with van der Waals surface area (Å²) in [7, 11) is 0. The van der Waals surface area contributed by atoms with Gasteiger partial charge in [0.2, 0.25) is 5.91 Å². The van der Waals surface area contributed by atoms with Crippen LogP contribution in [-0.2, 0) is 9.53 Å². The number of aromatic nitrogens is 2. The first-order valence-corrected chi connectivity index (χ1v) is 11.4. The third-order valence-corrected chi connectivity index (χ3v) is 5.81. The van der Waals surface area contributed by atoms with E-state index >= 15 is 0 Å². The molecule has 0 saturated heterocycles. The van der Waals surface area contributed by atoms with Crippen LogP contribution in [0, 0.1) is 5.82 Å². The lowest BCUT2D eigenvalue weighted by atomic mass is 10.2. The molecule has 4 rings (SSSR count). The van der Waals surface area contributed by atoms with Gasteiger partial charge in [0.25, 0.3) is 5.56 Å². The maximum absolute atomic E-state index is 14.6. The number of ether oxygens (including phenoxy) is 1. The predicted octanol–water partition coefficient (Wildman–Crippen LogP) is 4.43. The number of esters is 1. The number of anilines is 1. The Balaban J connectivity index is 1.64. The number of rotatable bonds is 7. The van der Waals surface area contributed by atoms with Gasteiger partial charge in [-0.2, -0.15) is 0 Å². The molecule has 1 heterocycles. The number of fused-ring (bicyclic) bond motifs is 1. The Kier molecular flexibility index (Phi) is 7.03. The van der Waals surface area contributed by atoms with Gasteiger partial charge in [-0.3, -0.25) is 14.2 Å². The van der Waals surface area contributed by atoms with Crippen LogP contribution in [0.25, 0.3) is 16.6 Å². The van der Waals surface area contributed by atoms with Crippen molar-refractivity contribution in [2.75, 3.05) is 17.7 Å². The van der Waals surface area contributed by atoms with Crippen molar-refractivity contribution >= 4 is 40.2 Å². The van der Waals surface area contributed by atoms with Crippen LogP contribution in [0.4, 0.5) is 10.1 Å². The molecule has 0 bridgehead atoms. The number of carbonyl (C=O) groups excluding carboxylic acids is 2. The highest BCUT2D eigenvalue weighted by atomic mass is 32.2. The molecule has 1 aromatic heterocycles. The van der Waals surface area contributed by atoms with Crippen molar-refractivity contribution in [2.45, 2.75) is 12.1 Å². The van der Waals surface area contributed by atoms with Gasteiger partial charge in [-0.1, -0.05) is 48.2 Å². The highest BCUT2D eigenvalue weighted by molar-refractivity contribution is 7.99. The van der Waals surface area contributed by atoms with Gasteiger partial charge >= 0.3 is 5.97 Å². The minimum Gasteiger partial charge on any atom is -0.462 e. The maximum atomic E-state index is 14.6. The number of para-hydroxylation sites is 3. The van der Waals surface area contributed by atoms with Crippen molar-refractivity contribution in [3.63, 3.8) is 0 Å². The monoisotopic (exact) mass is 477 g/mol. The quantitative estimate of drug-likeness (QED) is 0.241. The zero-order chi connectivity index (χ0) is 24.1. The summed E-state index contributed by atoms with van der Waals surface area (Å²) in [5, 5.41) is 3.20. The Morgan fingerprint density at radius 2 is 1.74 bits per heavy atom. The van der Waals surface area contributed by atoms with E-state index in [0.29, 0.717) is 16.6 Å². The number of thioether (sulfide) groups is 1. The fourth-order valence-corrected chi connectivity index (χ4v) is 4.16. The lowest BCUT2D eigenvalue weighted by Crippen LogP contribution is -2.24. The summed E-state index contributed by atoms with van der Waals surface area (Å²) in [6, 6.07) is 19.1. The van der Waals surface area contributed by atoms with Crippen molar-refractivity contribution in [3.8, 4) is 5.69 Å². The lowest BCUT2D eigenvalue weighted by molar-refractivity contribution is -0.113. The number of amides is 1. The maximum Gasteiger partial charge on any atom is 0.340 e. The number of carbonyl (C=O) groups is 2. The topological polar surface area (TPSA) is 90.3 Å². The highest BCUT2D eigenvalue weighted by Crippen LogP contribution is 2.23. The van der Waals surface area contributed by atoms with Crippen LogP contribution in [0.3, 0.4) is 0 Å². The Morgan fingerprint density at radius 3 is 2.53 bits per heavy atom. The molecule has 0 aliphatic heterocycles. The van der Waals surface area contributed by atoms with Gasteiger partial charge in [-0.15, -0.1) is 0 Å². The van der Waals surface area contributed by atoms with Gasteiger partial charge < -0.3 is 10.1 Å². The minimum absolute atomic E-state index is 0.0429. The van der Waals surface area contributed by atoms with E-state index in [0.717, 1.165) is 11.8 Å². The van der Waals surface area contributed by atoms with Crippen LogP contribution in [0.1, 0.15) is 17.3 Å². The summed E-state index contributed by atoms with van der Waals surface area (Å²) >= 11 is 0.988. The zero-order valence-electron chi connectivity index (χ0n) is 18.2. The van der Waals surface area contributed by atoms with Crippen LogP contribution < -0.4 is 10.9 Å². The minimum atomic E-state index is -0.587. The molecule has 0 spiro atoms. The average molecular weight is 478 g/mol. The van der Waals surface area contributed by atoms with E-state index in [4.69, 9.17) is 4.74 Å². The first-order valence-electron chi connectivity index (χ1n) is 10.4. The first-order chi connectivity index (χ1) is 16.5. The van der Waals surface area contributed by atoms with Gasteiger partial charge in [-0.25, -0.2) is 14.2 Å². The summed E-state index contributed by atoms with van der Waals surface area (Å²) in [5.74, 6) is -1.69. The van der Waals surface area contributed by atoms with Crippen LogP contribution in [0.15, 0.2) is 82.7 Å². The van der Waals surface area contributed by atoms with E-state index in [2.05, 4.69) is 10.3 Å². The number of hydrogen-bond donors (Lipinski definition) is 1. The summed E-state index contributed by atoms with van der Waals surface area (Å²) in [5.41, 5.74) is 0.586. The average Bonchev–Trinajstić information content (AvgIpc) is 2.84. The molecular weight excluding hydrogens is 457 g/mol. The molecule has 172 valence electrons. The summed E-state index contributed by atoms with van der Waals surface area (Å²) in [4.78, 5) is 42.6. The van der Waals surface area contributed by atoms with E-state index < -0.39 is 23.3 Å². The largest absolute Gasteiger partial charge is 0.462 e. The summed E-state index contributed by atoms with van der Waals surface area (Å²) in [6.45, 7) is 1.90. The smallest absolute Gasteiger partial charge is 0.340 e. The molecule has 3 aromatic carbocycles. The van der Waals surface area contributed by atoms with Crippen LogP contribution >= 0.6 is 11.8 Å². The van der Waals surface area contributed by atoms with Gasteiger partial charge in [0.1, 0.15) is 5.82 Å². The van der Waals surface area contributed by atoms with Crippen molar-refractivity contribution in [1.29, 1.82) is 0 Å². The molecule has 1 amide bonds. The van der Waals surface area contributed by atoms with Gasteiger partial charge in [-0.05, 0) is 43.3 Å². The molecule has 34 heavy (non-hydrogen) atoms. The van der Waals surface area contributed by atoms with E-state index in [1.54, 1.807) is 61.5 Å². The molecule has 0 unspecified atom stereocenters. The number of nitrogens with zero attached hydrogens (tertiary/aromatic N) is 2. The van der Waals surface area contributed by atoms with Crippen molar-refractivity contribution in [3.05, 3.63) is 94.5 Å². The number of benzene rings is 3. The molecule has 0 aliphatic rings. The Bertz CT molecular complexity index is 1440. The standard InChI is InChI=1S/C25H20FN3O4S/c1-2-33-24(32)17-10-4-7-13-20(17)27-22(30)15-34-25-28-19-12-6-3-9-16(19)23(31)29(25)21-14-8-5-11-18(21)26/h3-14H,2,15H2,1H3,(H,27,30). The fraction of sp³-hybridized carbons (Fsp3) is 0.120. The molecule has 0 saturated carbocycles. The molecular formula is C25H20FN3O4S. The normalized spacial score (nSPS) is 10.8. The fourth-order valence-electron chi connectivity index (χ4n) is 3.35. The van der Waals surface area contributed by atoms with E-state index in [1.807, 2.05) is 0 Å². The highest BCUT2D eigenvalue weighted by Gasteiger charge is 2.18. The summed E-state index contributed by atoms with van der Waals surface area (Å²) < 4.78 is 20.8. The molecule has 9 heteroatoms. The van der Waals surface area contributed by atoms with Crippen LogP contribution in [0.2, 0.25) is 0 Å². The second-order valence-corrected chi connectivity index (χ2v) is 8.05. The van der Waals surface area contributed by atoms with E-state index in [-0.39, 0.29) is 28.8 Å². The number of nitrogens with one attached hydrogen (secondary N) is 1. The van der Waals surface area contributed by atoms with Crippen LogP contribution in [-0.4, -0.2) is 33.8 Å². The second kappa shape index (κ2) is 10.3. The van der Waals surface area contributed by atoms with Crippen molar-refractivity contribution in [1.82, 2.24) is 9.55 Å². The molecule has 0 fully saturated rings. The summed E-state index contributed by atoms with van der Waals surface area (Å²) in [6.07, 6.45) is 0.